The maximum atomic E-state index is 13.0. The first-order valence-electron chi connectivity index (χ1n) is 6.40. The van der Waals surface area contributed by atoms with Crippen LogP contribution in [0.5, 0.6) is 0 Å². The van der Waals surface area contributed by atoms with E-state index in [0.29, 0.717) is 9.24 Å². The molecule has 1 heterocycles. The van der Waals surface area contributed by atoms with Gasteiger partial charge in [-0.25, -0.2) is 0 Å². The zero-order valence-electron chi connectivity index (χ0n) is 11.7. The molecule has 0 spiro atoms. The van der Waals surface area contributed by atoms with Gasteiger partial charge < -0.3 is 9.84 Å². The molecule has 1 N–H and O–H groups in total. The Morgan fingerprint density at radius 3 is 1.96 bits per heavy atom. The van der Waals surface area contributed by atoms with Gasteiger partial charge in [-0.1, -0.05) is 12.1 Å². The molecule has 130 valence electrons. The molecular weight excluding hydrogens is 359 g/mol. The van der Waals surface area contributed by atoms with Crippen molar-refractivity contribution in [3.63, 3.8) is 0 Å². The van der Waals surface area contributed by atoms with Crippen LogP contribution in [0, 0.1) is 11.3 Å². The number of aliphatic hydroxyl groups excluding tert-OH is 1. The van der Waals surface area contributed by atoms with Gasteiger partial charge in [0.25, 0.3) is 0 Å². The summed E-state index contributed by atoms with van der Waals surface area (Å²) in [6, 6.07) is 7.17. The molecule has 0 aliphatic carbocycles. The third-order valence-corrected chi connectivity index (χ3v) is 4.56. The molecule has 1 aliphatic rings. The smallest absolute Gasteiger partial charge is 0.413 e. The molecular formula is C14H10F6NO2P. The summed E-state index contributed by atoms with van der Waals surface area (Å²) in [5, 5.41) is 14.0. The molecule has 0 radical (unpaired) electrons. The second-order valence-electron chi connectivity index (χ2n) is 5.10. The number of allylic oxidation sites excluding steroid dienone is 1. The van der Waals surface area contributed by atoms with Gasteiger partial charge in [-0.3, -0.25) is 0 Å². The Balaban J connectivity index is 2.48. The molecule has 2 rings (SSSR count). The molecule has 2 atom stereocenters. The number of nitriles is 1. The van der Waals surface area contributed by atoms with Crippen LogP contribution >= 0.6 is 9.24 Å². The SMILES string of the molecule is N#Cc1ccc(C2OC/C2=C(/O)C(P)(C(F)(F)F)C(F)(F)F)cc1. The summed E-state index contributed by atoms with van der Waals surface area (Å²) in [4.78, 5) is 0. The fourth-order valence-electron chi connectivity index (χ4n) is 2.15. The fraction of sp³-hybridized carbons (Fsp3) is 0.357. The Morgan fingerprint density at radius 2 is 1.62 bits per heavy atom. The molecule has 2 unspecified atom stereocenters. The quantitative estimate of drug-likeness (QED) is 0.483. The van der Waals surface area contributed by atoms with Gasteiger partial charge >= 0.3 is 12.4 Å². The van der Waals surface area contributed by atoms with E-state index < -0.39 is 41.6 Å². The zero-order valence-corrected chi connectivity index (χ0v) is 12.9. The third kappa shape index (κ3) is 2.85. The molecule has 0 amide bonds. The molecule has 3 nitrogen and oxygen atoms in total. The van der Waals surface area contributed by atoms with Crippen LogP contribution in [0.15, 0.2) is 35.6 Å². The molecule has 0 aromatic heterocycles. The highest BCUT2D eigenvalue weighted by atomic mass is 31.0. The minimum atomic E-state index is -5.77. The Kier molecular flexibility index (Phi) is 4.59. The Bertz CT molecular complexity index is 688. The summed E-state index contributed by atoms with van der Waals surface area (Å²) in [7, 11) is 0.666. The van der Waals surface area contributed by atoms with Gasteiger partial charge in [0.2, 0.25) is 5.16 Å². The number of halogens is 6. The van der Waals surface area contributed by atoms with Crippen molar-refractivity contribution in [3.05, 3.63) is 46.7 Å². The van der Waals surface area contributed by atoms with Crippen LogP contribution < -0.4 is 0 Å². The van der Waals surface area contributed by atoms with Crippen LogP contribution in [0.2, 0.25) is 0 Å². The monoisotopic (exact) mass is 369 g/mol. The van der Waals surface area contributed by atoms with Crippen LogP contribution in [-0.4, -0.2) is 29.2 Å². The van der Waals surface area contributed by atoms with E-state index in [0.717, 1.165) is 0 Å². The second-order valence-corrected chi connectivity index (χ2v) is 5.97. The summed E-state index contributed by atoms with van der Waals surface area (Å²) >= 11 is 0. The van der Waals surface area contributed by atoms with Crippen molar-refractivity contribution in [1.82, 2.24) is 0 Å². The van der Waals surface area contributed by atoms with Gasteiger partial charge in [-0.2, -0.15) is 31.6 Å². The first-order valence-corrected chi connectivity index (χ1v) is 6.97. The first-order chi connectivity index (χ1) is 10.9. The van der Waals surface area contributed by atoms with Crippen LogP contribution in [0.1, 0.15) is 17.2 Å². The van der Waals surface area contributed by atoms with E-state index in [2.05, 4.69) is 0 Å². The number of alkyl halides is 6. The summed E-state index contributed by atoms with van der Waals surface area (Å²) in [5.41, 5.74) is -0.0124. The van der Waals surface area contributed by atoms with Crippen molar-refractivity contribution in [1.29, 1.82) is 5.26 Å². The lowest BCUT2D eigenvalue weighted by Gasteiger charge is -2.39. The van der Waals surface area contributed by atoms with Crippen molar-refractivity contribution in [2.45, 2.75) is 23.6 Å². The average molecular weight is 369 g/mol. The number of hydrogen-bond donors (Lipinski definition) is 1. The molecule has 1 aromatic carbocycles. The number of rotatable bonds is 2. The zero-order chi connectivity index (χ0) is 18.3. The van der Waals surface area contributed by atoms with Gasteiger partial charge in [0.1, 0.15) is 11.9 Å². The lowest BCUT2D eigenvalue weighted by Crippen LogP contribution is -2.54. The predicted molar refractivity (Wildman–Crippen MR) is 74.1 cm³/mol. The van der Waals surface area contributed by atoms with Gasteiger partial charge in [0.05, 0.1) is 18.2 Å². The molecule has 0 saturated carbocycles. The van der Waals surface area contributed by atoms with E-state index in [1.54, 1.807) is 0 Å². The topological polar surface area (TPSA) is 53.2 Å². The number of nitrogens with zero attached hydrogens (tertiary/aromatic N) is 1. The molecule has 1 saturated heterocycles. The Labute approximate surface area is 134 Å². The molecule has 1 aromatic rings. The summed E-state index contributed by atoms with van der Waals surface area (Å²) in [6.45, 7) is -0.557. The van der Waals surface area contributed by atoms with Gasteiger partial charge in [-0.15, -0.1) is 9.24 Å². The van der Waals surface area contributed by atoms with E-state index >= 15 is 0 Å². The lowest BCUT2D eigenvalue weighted by molar-refractivity contribution is -0.261. The van der Waals surface area contributed by atoms with Crippen molar-refractivity contribution in [2.75, 3.05) is 6.61 Å². The van der Waals surface area contributed by atoms with Crippen molar-refractivity contribution >= 4 is 9.24 Å². The van der Waals surface area contributed by atoms with Crippen LogP contribution in [-0.2, 0) is 4.74 Å². The maximum absolute atomic E-state index is 13.0. The predicted octanol–water partition coefficient (Wildman–Crippen LogP) is 4.18. The van der Waals surface area contributed by atoms with E-state index in [-0.39, 0.29) is 11.1 Å². The van der Waals surface area contributed by atoms with E-state index in [1.807, 2.05) is 6.07 Å². The van der Waals surface area contributed by atoms with Crippen molar-refractivity contribution in [3.8, 4) is 6.07 Å². The fourth-order valence-corrected chi connectivity index (χ4v) is 2.34. The van der Waals surface area contributed by atoms with Crippen LogP contribution in [0.3, 0.4) is 0 Å². The minimum absolute atomic E-state index is 0.235. The van der Waals surface area contributed by atoms with E-state index in [1.165, 1.54) is 24.3 Å². The van der Waals surface area contributed by atoms with Crippen LogP contribution in [0.25, 0.3) is 0 Å². The normalized spacial score (nSPS) is 21.0. The molecule has 1 aliphatic heterocycles. The summed E-state index contributed by atoms with van der Waals surface area (Å²) in [6.07, 6.45) is -12.8. The molecule has 1 fully saturated rings. The minimum Gasteiger partial charge on any atom is -0.510 e. The second kappa shape index (κ2) is 5.94. The number of aliphatic hydroxyl groups is 1. The van der Waals surface area contributed by atoms with Gasteiger partial charge in [0.15, 0.2) is 0 Å². The van der Waals surface area contributed by atoms with Gasteiger partial charge in [0, 0.05) is 5.57 Å². The first kappa shape index (κ1) is 18.6. The lowest BCUT2D eigenvalue weighted by atomic mass is 9.90. The molecule has 0 bridgehead atoms. The number of hydrogen-bond acceptors (Lipinski definition) is 3. The largest absolute Gasteiger partial charge is 0.510 e. The maximum Gasteiger partial charge on any atom is 0.413 e. The highest BCUT2D eigenvalue weighted by molar-refractivity contribution is 7.19. The Hall–Kier alpha value is -1.78. The number of ether oxygens (including phenoxy) is 1. The third-order valence-electron chi connectivity index (χ3n) is 3.64. The van der Waals surface area contributed by atoms with Crippen molar-refractivity contribution in [2.24, 2.45) is 0 Å². The number of benzene rings is 1. The summed E-state index contributed by atoms with van der Waals surface area (Å²) < 4.78 is 82.9. The van der Waals surface area contributed by atoms with Crippen molar-refractivity contribution < 1.29 is 36.2 Å². The van der Waals surface area contributed by atoms with Gasteiger partial charge in [-0.05, 0) is 17.7 Å². The molecule has 24 heavy (non-hydrogen) atoms. The Morgan fingerprint density at radius 1 is 1.12 bits per heavy atom. The highest BCUT2D eigenvalue weighted by Crippen LogP contribution is 2.55. The van der Waals surface area contributed by atoms with Crippen LogP contribution in [0.4, 0.5) is 26.3 Å². The highest BCUT2D eigenvalue weighted by Gasteiger charge is 2.71. The average Bonchev–Trinajstić information content (AvgIpc) is 2.43. The van der Waals surface area contributed by atoms with E-state index in [4.69, 9.17) is 10.00 Å². The summed E-state index contributed by atoms with van der Waals surface area (Å²) in [5.74, 6) is -1.84. The molecule has 10 heteroatoms. The standard InChI is InChI=1S/C14H10F6NO2P/c15-13(16,17)12(24,14(18,19)20)11(22)9-6-23-10(9)8-3-1-7(5-21)2-4-8/h1-4,10,22H,6,24H2/b11-9-. The van der Waals surface area contributed by atoms with E-state index in [9.17, 15) is 31.4 Å².